The maximum Gasteiger partial charge on any atom is 0.526 e. The van der Waals surface area contributed by atoms with Crippen molar-refractivity contribution in [2.45, 2.75) is 38.4 Å². The number of carbonyl (C=O) groups is 2. The number of ketones is 2. The fourth-order valence-corrected chi connectivity index (χ4v) is 3.92. The van der Waals surface area contributed by atoms with Gasteiger partial charge in [0.25, 0.3) is 0 Å². The second-order valence-corrected chi connectivity index (χ2v) is 7.52. The Balaban J connectivity index is 1.58. The van der Waals surface area contributed by atoms with Crippen LogP contribution in [0.3, 0.4) is 0 Å². The number of piperidine rings is 1. The molecule has 0 aliphatic carbocycles. The van der Waals surface area contributed by atoms with Gasteiger partial charge in [-0.05, 0) is 63.4 Å². The first-order valence-corrected chi connectivity index (χ1v) is 9.39. The molecule has 7 heteroatoms. The van der Waals surface area contributed by atoms with Crippen LogP contribution in [0.2, 0.25) is 5.82 Å². The van der Waals surface area contributed by atoms with Crippen LogP contribution in [-0.2, 0) is 11.2 Å². The first-order chi connectivity index (χ1) is 12.5. The number of para-hydroxylation sites is 1. The Morgan fingerprint density at radius 2 is 2.08 bits per heavy atom. The normalized spacial score (nSPS) is 21.2. The number of hydrogen-bond donors (Lipinski definition) is 2. The molecule has 0 spiro atoms. The Hall–Kier alpha value is -1.70. The van der Waals surface area contributed by atoms with E-state index in [9.17, 15) is 14.6 Å². The summed E-state index contributed by atoms with van der Waals surface area (Å²) in [7, 11) is -1.06. The minimum absolute atomic E-state index is 0.0931. The average molecular weight is 358 g/mol. The van der Waals surface area contributed by atoms with Gasteiger partial charge in [0, 0.05) is 12.2 Å². The number of nitrogens with zero attached hydrogens (tertiary/aromatic N) is 1. The van der Waals surface area contributed by atoms with E-state index in [1.165, 1.54) is 6.92 Å². The van der Waals surface area contributed by atoms with Crippen molar-refractivity contribution in [3.05, 3.63) is 29.3 Å². The molecule has 2 heterocycles. The highest BCUT2D eigenvalue weighted by molar-refractivity contribution is 6.47. The zero-order chi connectivity index (χ0) is 18.7. The first kappa shape index (κ1) is 19.1. The topological polar surface area (TPSA) is 92.9 Å². The summed E-state index contributed by atoms with van der Waals surface area (Å²) in [5, 5.41) is 10.3. The second kappa shape index (κ2) is 8.33. The fraction of sp³-hybridized carbons (Fsp3) is 0.579. The number of carbonyl (C=O) groups excluding carboxylic acids is 2. The Morgan fingerprint density at radius 1 is 1.35 bits per heavy atom. The molecule has 3 N–H and O–H groups in total. The molecule has 1 aromatic rings. The van der Waals surface area contributed by atoms with Crippen molar-refractivity contribution in [2.24, 2.45) is 11.7 Å². The summed E-state index contributed by atoms with van der Waals surface area (Å²) < 4.78 is 5.61. The van der Waals surface area contributed by atoms with Gasteiger partial charge >= 0.3 is 7.12 Å². The van der Waals surface area contributed by atoms with Crippen LogP contribution in [0, 0.1) is 5.92 Å². The average Bonchev–Trinajstić information content (AvgIpc) is 2.62. The molecule has 0 saturated carbocycles. The molecule has 1 aromatic carbocycles. The summed E-state index contributed by atoms with van der Waals surface area (Å²) in [6.45, 7) is 4.43. The fourth-order valence-electron chi connectivity index (χ4n) is 3.92. The van der Waals surface area contributed by atoms with E-state index < -0.39 is 7.12 Å². The highest BCUT2D eigenvalue weighted by Crippen LogP contribution is 2.36. The zero-order valence-corrected chi connectivity index (χ0v) is 15.3. The maximum absolute atomic E-state index is 12.5. The van der Waals surface area contributed by atoms with Crippen molar-refractivity contribution >= 4 is 18.7 Å². The van der Waals surface area contributed by atoms with Gasteiger partial charge in [-0.25, -0.2) is 0 Å². The molecule has 1 atom stereocenters. The van der Waals surface area contributed by atoms with E-state index in [4.69, 9.17) is 10.4 Å². The molecule has 2 aliphatic heterocycles. The van der Waals surface area contributed by atoms with Crippen molar-refractivity contribution in [3.8, 4) is 5.75 Å². The number of hydrogen-bond acceptors (Lipinski definition) is 6. The number of nitrogens with two attached hydrogens (primary N) is 1. The van der Waals surface area contributed by atoms with Crippen molar-refractivity contribution < 1.29 is 19.3 Å². The number of benzene rings is 1. The number of likely N-dealkylation sites (tertiary alicyclic amines) is 1. The van der Waals surface area contributed by atoms with Crippen molar-refractivity contribution in [1.82, 2.24) is 4.90 Å². The molecule has 1 saturated heterocycles. The van der Waals surface area contributed by atoms with Gasteiger partial charge in [0.2, 0.25) is 0 Å². The molecule has 0 radical (unpaired) electrons. The molecule has 140 valence electrons. The van der Waals surface area contributed by atoms with E-state index in [-0.39, 0.29) is 23.8 Å². The predicted octanol–water partition coefficient (Wildman–Crippen LogP) is 1.30. The second-order valence-electron chi connectivity index (χ2n) is 7.52. The molecule has 0 unspecified atom stereocenters. The van der Waals surface area contributed by atoms with Gasteiger partial charge in [-0.2, -0.15) is 0 Å². The Labute approximate surface area is 154 Å². The van der Waals surface area contributed by atoms with Crippen molar-refractivity contribution in [1.29, 1.82) is 0 Å². The standard InChI is InChI=1S/C19H27BN2O4/c1-13(23)18-4-2-3-15-9-16(20(25)26-19(15)18)10-17(24)12-22-7-5-14(11-21)6-8-22/h2-4,14,16,25H,5-12,21H2,1H3/t16-/m1/s1. The van der Waals surface area contributed by atoms with E-state index in [1.807, 2.05) is 12.1 Å². The van der Waals surface area contributed by atoms with Gasteiger partial charge in [0.15, 0.2) is 5.78 Å². The quantitative estimate of drug-likeness (QED) is 0.588. The zero-order valence-electron chi connectivity index (χ0n) is 15.3. The van der Waals surface area contributed by atoms with E-state index in [0.717, 1.165) is 38.0 Å². The van der Waals surface area contributed by atoms with E-state index >= 15 is 0 Å². The van der Waals surface area contributed by atoms with Gasteiger partial charge in [0.05, 0.1) is 12.1 Å². The van der Waals surface area contributed by atoms with Crippen LogP contribution < -0.4 is 10.4 Å². The molecule has 26 heavy (non-hydrogen) atoms. The summed E-state index contributed by atoms with van der Waals surface area (Å²) in [4.78, 5) is 26.4. The minimum atomic E-state index is -1.06. The van der Waals surface area contributed by atoms with Crippen LogP contribution in [0.5, 0.6) is 5.75 Å². The van der Waals surface area contributed by atoms with Crippen LogP contribution in [0.15, 0.2) is 18.2 Å². The molecule has 0 aromatic heterocycles. The third-order valence-corrected chi connectivity index (χ3v) is 5.53. The lowest BCUT2D eigenvalue weighted by atomic mass is 9.64. The highest BCUT2D eigenvalue weighted by atomic mass is 16.5. The molecule has 6 nitrogen and oxygen atoms in total. The molecular formula is C19H27BN2O4. The lowest BCUT2D eigenvalue weighted by molar-refractivity contribution is -0.120. The third-order valence-electron chi connectivity index (χ3n) is 5.53. The van der Waals surface area contributed by atoms with Gasteiger partial charge in [-0.1, -0.05) is 12.1 Å². The van der Waals surface area contributed by atoms with Crippen LogP contribution in [0.4, 0.5) is 0 Å². The predicted molar refractivity (Wildman–Crippen MR) is 100 cm³/mol. The van der Waals surface area contributed by atoms with Crippen LogP contribution >= 0.6 is 0 Å². The lowest BCUT2D eigenvalue weighted by Gasteiger charge is -2.32. The lowest BCUT2D eigenvalue weighted by Crippen LogP contribution is -2.41. The number of fused-ring (bicyclic) bond motifs is 1. The van der Waals surface area contributed by atoms with E-state index in [2.05, 4.69) is 4.90 Å². The third kappa shape index (κ3) is 4.34. The van der Waals surface area contributed by atoms with Gasteiger partial charge in [-0.15, -0.1) is 0 Å². The summed E-state index contributed by atoms with van der Waals surface area (Å²) in [6, 6.07) is 5.41. The molecule has 0 amide bonds. The van der Waals surface area contributed by atoms with E-state index in [1.54, 1.807) is 6.07 Å². The summed E-state index contributed by atoms with van der Waals surface area (Å²) in [6.07, 6.45) is 2.90. The summed E-state index contributed by atoms with van der Waals surface area (Å²) in [5.74, 6) is 0.778. The Bertz CT molecular complexity index is 674. The summed E-state index contributed by atoms with van der Waals surface area (Å²) in [5.41, 5.74) is 7.07. The molecule has 3 rings (SSSR count). The minimum Gasteiger partial charge on any atom is -0.535 e. The van der Waals surface area contributed by atoms with Crippen molar-refractivity contribution in [2.75, 3.05) is 26.2 Å². The van der Waals surface area contributed by atoms with Crippen LogP contribution in [-0.4, -0.2) is 54.8 Å². The highest BCUT2D eigenvalue weighted by Gasteiger charge is 2.37. The smallest absolute Gasteiger partial charge is 0.526 e. The van der Waals surface area contributed by atoms with Gasteiger partial charge in [0.1, 0.15) is 11.5 Å². The molecule has 2 aliphatic rings. The molecular weight excluding hydrogens is 331 g/mol. The Kier molecular flexibility index (Phi) is 6.11. The number of Topliss-reactive ketones (excluding diaryl/α,β-unsaturated/α-hetero) is 2. The Morgan fingerprint density at radius 3 is 2.73 bits per heavy atom. The SMILES string of the molecule is CC(=O)c1cccc2c1OB(O)[C@@H](CC(=O)CN1CCC(CN)CC1)C2. The molecule has 1 fully saturated rings. The summed E-state index contributed by atoms with van der Waals surface area (Å²) >= 11 is 0. The number of rotatable bonds is 6. The van der Waals surface area contributed by atoms with Crippen molar-refractivity contribution in [3.63, 3.8) is 0 Å². The van der Waals surface area contributed by atoms with Gasteiger partial charge in [-0.3, -0.25) is 14.5 Å². The van der Waals surface area contributed by atoms with Gasteiger partial charge < -0.3 is 15.4 Å². The van der Waals surface area contributed by atoms with E-state index in [0.29, 0.717) is 30.2 Å². The van der Waals surface area contributed by atoms with Crippen LogP contribution in [0.25, 0.3) is 0 Å². The molecule has 0 bridgehead atoms. The first-order valence-electron chi connectivity index (χ1n) is 9.39. The van der Waals surface area contributed by atoms with Crippen LogP contribution in [0.1, 0.15) is 42.1 Å². The monoisotopic (exact) mass is 358 g/mol. The maximum atomic E-state index is 12.5. The largest absolute Gasteiger partial charge is 0.535 e.